The van der Waals surface area contributed by atoms with E-state index in [1.165, 1.54) is 19.3 Å². The zero-order chi connectivity index (χ0) is 14.7. The third-order valence-electron chi connectivity index (χ3n) is 4.38. The normalized spacial score (nSPS) is 23.5. The maximum Gasteiger partial charge on any atom is 0.241 e. The molecule has 0 aliphatic carbocycles. The van der Waals surface area contributed by atoms with Crippen LogP contribution >= 0.6 is 11.3 Å². The van der Waals surface area contributed by atoms with Gasteiger partial charge >= 0.3 is 0 Å². The molecule has 2 atom stereocenters. The van der Waals surface area contributed by atoms with Crippen molar-refractivity contribution in [2.24, 2.45) is 11.7 Å². The first-order chi connectivity index (χ1) is 10.3. The van der Waals surface area contributed by atoms with Crippen molar-refractivity contribution >= 4 is 11.3 Å². The van der Waals surface area contributed by atoms with Gasteiger partial charge in [0.15, 0.2) is 0 Å². The van der Waals surface area contributed by atoms with Crippen LogP contribution in [0.5, 0.6) is 0 Å². The Kier molecular flexibility index (Phi) is 4.67. The number of hydrogen-bond donors (Lipinski definition) is 1. The van der Waals surface area contributed by atoms with Gasteiger partial charge in [0.2, 0.25) is 11.7 Å². The SMILES string of the molecule is CCC1CCN(Cc2nc(-c3ccsc3)no2)C(CN)C1. The molecule has 1 fully saturated rings. The van der Waals surface area contributed by atoms with Crippen molar-refractivity contribution in [3.05, 3.63) is 22.7 Å². The van der Waals surface area contributed by atoms with Crippen molar-refractivity contribution < 1.29 is 4.52 Å². The lowest BCUT2D eigenvalue weighted by atomic mass is 9.89. The molecule has 0 aromatic carbocycles. The number of hydrogen-bond acceptors (Lipinski definition) is 6. The Morgan fingerprint density at radius 2 is 2.43 bits per heavy atom. The Morgan fingerprint density at radius 1 is 1.52 bits per heavy atom. The van der Waals surface area contributed by atoms with Crippen LogP contribution in [0.25, 0.3) is 11.4 Å². The fourth-order valence-corrected chi connectivity index (χ4v) is 3.64. The average Bonchev–Trinajstić information content (AvgIpc) is 3.18. The number of thiophene rings is 1. The zero-order valence-corrected chi connectivity index (χ0v) is 13.2. The Hall–Kier alpha value is -1.24. The fraction of sp³-hybridized carbons (Fsp3) is 0.600. The third kappa shape index (κ3) is 3.33. The molecule has 2 aromatic heterocycles. The Labute approximate surface area is 129 Å². The van der Waals surface area contributed by atoms with Crippen LogP contribution in [0.1, 0.15) is 32.1 Å². The largest absolute Gasteiger partial charge is 0.338 e. The van der Waals surface area contributed by atoms with Crippen molar-refractivity contribution in [2.75, 3.05) is 13.1 Å². The first-order valence-corrected chi connectivity index (χ1v) is 8.53. The van der Waals surface area contributed by atoms with E-state index < -0.39 is 0 Å². The maximum atomic E-state index is 5.94. The predicted molar refractivity (Wildman–Crippen MR) is 83.9 cm³/mol. The molecule has 1 aliphatic rings. The summed E-state index contributed by atoms with van der Waals surface area (Å²) in [5.41, 5.74) is 6.96. The van der Waals surface area contributed by atoms with E-state index in [9.17, 15) is 0 Å². The highest BCUT2D eigenvalue weighted by atomic mass is 32.1. The molecule has 1 saturated heterocycles. The topological polar surface area (TPSA) is 68.2 Å². The maximum absolute atomic E-state index is 5.94. The van der Waals surface area contributed by atoms with Crippen LogP contribution < -0.4 is 5.73 Å². The molecular weight excluding hydrogens is 284 g/mol. The van der Waals surface area contributed by atoms with Crippen LogP contribution in [0.3, 0.4) is 0 Å². The van der Waals surface area contributed by atoms with E-state index in [4.69, 9.17) is 10.3 Å². The lowest BCUT2D eigenvalue weighted by molar-refractivity contribution is 0.0953. The van der Waals surface area contributed by atoms with Crippen LogP contribution in [0.2, 0.25) is 0 Å². The molecule has 0 spiro atoms. The van der Waals surface area contributed by atoms with Gasteiger partial charge in [0, 0.05) is 23.5 Å². The number of nitrogens with two attached hydrogens (primary N) is 1. The second-order valence-electron chi connectivity index (χ2n) is 5.68. The van der Waals surface area contributed by atoms with Gasteiger partial charge in [0.1, 0.15) is 0 Å². The molecule has 6 heteroatoms. The molecule has 2 aromatic rings. The van der Waals surface area contributed by atoms with Crippen molar-refractivity contribution in [3.63, 3.8) is 0 Å². The number of likely N-dealkylation sites (tertiary alicyclic amines) is 1. The van der Waals surface area contributed by atoms with Crippen LogP contribution in [0.15, 0.2) is 21.3 Å². The molecule has 21 heavy (non-hydrogen) atoms. The number of rotatable bonds is 5. The van der Waals surface area contributed by atoms with Crippen LogP contribution in [-0.2, 0) is 6.54 Å². The summed E-state index contributed by atoms with van der Waals surface area (Å²) in [7, 11) is 0. The van der Waals surface area contributed by atoms with Crippen molar-refractivity contribution in [3.8, 4) is 11.4 Å². The minimum atomic E-state index is 0.431. The minimum absolute atomic E-state index is 0.431. The molecule has 0 saturated carbocycles. The summed E-state index contributed by atoms with van der Waals surface area (Å²) in [6.45, 7) is 4.73. The summed E-state index contributed by atoms with van der Waals surface area (Å²) < 4.78 is 5.40. The van der Waals surface area contributed by atoms with E-state index >= 15 is 0 Å². The Morgan fingerprint density at radius 3 is 3.14 bits per heavy atom. The van der Waals surface area contributed by atoms with Crippen LogP contribution in [0, 0.1) is 5.92 Å². The van der Waals surface area contributed by atoms with E-state index in [2.05, 4.69) is 22.0 Å². The monoisotopic (exact) mass is 306 g/mol. The van der Waals surface area contributed by atoms with E-state index in [-0.39, 0.29) is 0 Å². The molecule has 5 nitrogen and oxygen atoms in total. The second-order valence-corrected chi connectivity index (χ2v) is 6.46. The molecule has 0 radical (unpaired) electrons. The molecule has 0 bridgehead atoms. The smallest absolute Gasteiger partial charge is 0.241 e. The van der Waals surface area contributed by atoms with E-state index in [0.29, 0.717) is 30.8 Å². The summed E-state index contributed by atoms with van der Waals surface area (Å²) in [5.74, 6) is 2.17. The highest BCUT2D eigenvalue weighted by Crippen LogP contribution is 2.26. The van der Waals surface area contributed by atoms with Crippen molar-refractivity contribution in [1.29, 1.82) is 0 Å². The molecule has 3 rings (SSSR count). The van der Waals surface area contributed by atoms with Gasteiger partial charge in [-0.3, -0.25) is 4.90 Å². The third-order valence-corrected chi connectivity index (χ3v) is 5.06. The van der Waals surface area contributed by atoms with E-state index in [1.54, 1.807) is 11.3 Å². The molecule has 0 amide bonds. The highest BCUT2D eigenvalue weighted by molar-refractivity contribution is 7.08. The lowest BCUT2D eigenvalue weighted by Crippen LogP contribution is -2.46. The Bertz CT molecular complexity index is 554. The second kappa shape index (κ2) is 6.68. The molecule has 3 heterocycles. The minimum Gasteiger partial charge on any atom is -0.338 e. The van der Waals surface area contributed by atoms with E-state index in [1.807, 2.05) is 16.8 Å². The number of piperidine rings is 1. The summed E-state index contributed by atoms with van der Waals surface area (Å²) in [6.07, 6.45) is 3.66. The first kappa shape index (κ1) is 14.7. The lowest BCUT2D eigenvalue weighted by Gasteiger charge is -2.37. The van der Waals surface area contributed by atoms with Crippen LogP contribution in [0.4, 0.5) is 0 Å². The summed E-state index contributed by atoms with van der Waals surface area (Å²) in [5, 5.41) is 8.12. The average molecular weight is 306 g/mol. The van der Waals surface area contributed by atoms with Gasteiger partial charge in [-0.2, -0.15) is 16.3 Å². The van der Waals surface area contributed by atoms with Crippen molar-refractivity contribution in [1.82, 2.24) is 15.0 Å². The zero-order valence-electron chi connectivity index (χ0n) is 12.4. The van der Waals surface area contributed by atoms with Gasteiger partial charge in [0.05, 0.1) is 6.54 Å². The van der Waals surface area contributed by atoms with Gasteiger partial charge < -0.3 is 10.3 Å². The predicted octanol–water partition coefficient (Wildman–Crippen LogP) is 2.75. The number of nitrogens with zero attached hydrogens (tertiary/aromatic N) is 3. The molecule has 2 unspecified atom stereocenters. The van der Waals surface area contributed by atoms with Gasteiger partial charge in [-0.1, -0.05) is 18.5 Å². The van der Waals surface area contributed by atoms with E-state index in [0.717, 1.165) is 18.0 Å². The molecule has 1 aliphatic heterocycles. The number of aromatic nitrogens is 2. The summed E-state index contributed by atoms with van der Waals surface area (Å²) >= 11 is 1.64. The first-order valence-electron chi connectivity index (χ1n) is 7.59. The van der Waals surface area contributed by atoms with Gasteiger partial charge in [-0.15, -0.1) is 0 Å². The molecular formula is C15H22N4OS. The van der Waals surface area contributed by atoms with Gasteiger partial charge in [-0.05, 0) is 36.8 Å². The molecule has 2 N–H and O–H groups in total. The molecule has 114 valence electrons. The van der Waals surface area contributed by atoms with Crippen molar-refractivity contribution in [2.45, 2.75) is 38.8 Å². The summed E-state index contributed by atoms with van der Waals surface area (Å²) in [6, 6.07) is 2.44. The fourth-order valence-electron chi connectivity index (χ4n) is 3.01. The highest BCUT2D eigenvalue weighted by Gasteiger charge is 2.27. The standard InChI is InChI=1S/C15H22N4OS/c1-2-11-3-5-19(13(7-11)8-16)9-14-17-15(18-20-14)12-4-6-21-10-12/h4,6,10-11,13H,2-3,5,7-9,16H2,1H3. The van der Waals surface area contributed by atoms with Gasteiger partial charge in [-0.25, -0.2) is 0 Å². The Balaban J connectivity index is 1.66. The van der Waals surface area contributed by atoms with Gasteiger partial charge in [0.25, 0.3) is 0 Å². The summed E-state index contributed by atoms with van der Waals surface area (Å²) in [4.78, 5) is 6.89. The quantitative estimate of drug-likeness (QED) is 0.920. The van der Waals surface area contributed by atoms with Crippen LogP contribution in [-0.4, -0.2) is 34.2 Å².